The molecule has 3 N–H and O–H groups in total. The van der Waals surface area contributed by atoms with Gasteiger partial charge in [-0.2, -0.15) is 0 Å². The second kappa shape index (κ2) is 5.59. The van der Waals surface area contributed by atoms with Crippen LogP contribution in [0.3, 0.4) is 0 Å². The predicted octanol–water partition coefficient (Wildman–Crippen LogP) is 2.12. The van der Waals surface area contributed by atoms with E-state index in [0.29, 0.717) is 25.1 Å². The van der Waals surface area contributed by atoms with E-state index in [4.69, 9.17) is 10.5 Å². The average Bonchev–Trinajstić information content (AvgIpc) is 2.33. The number of hydrogen-bond acceptors (Lipinski definition) is 4. The summed E-state index contributed by atoms with van der Waals surface area (Å²) in [5.41, 5.74) is 7.88. The molecule has 0 radical (unpaired) electrons. The lowest BCUT2D eigenvalue weighted by molar-refractivity contribution is -0.0599. The Balaban J connectivity index is 2.23. The van der Waals surface area contributed by atoms with E-state index in [2.05, 4.69) is 4.72 Å². The fourth-order valence-corrected chi connectivity index (χ4v) is 4.02. The summed E-state index contributed by atoms with van der Waals surface area (Å²) in [5, 5.41) is 0. The molecule has 0 aromatic heterocycles. The Morgan fingerprint density at radius 2 is 2.00 bits per heavy atom. The first-order valence-corrected chi connectivity index (χ1v) is 8.62. The molecule has 118 valence electrons. The Kier molecular flexibility index (Phi) is 4.33. The number of aryl methyl sites for hydroxylation is 1. The van der Waals surface area contributed by atoms with Crippen LogP contribution in [0.4, 0.5) is 5.69 Å². The number of nitrogen functional groups attached to an aromatic ring is 1. The van der Waals surface area contributed by atoms with Crippen LogP contribution in [0, 0.1) is 13.8 Å². The van der Waals surface area contributed by atoms with E-state index >= 15 is 0 Å². The van der Waals surface area contributed by atoms with E-state index in [1.807, 2.05) is 27.7 Å². The van der Waals surface area contributed by atoms with Gasteiger partial charge >= 0.3 is 0 Å². The van der Waals surface area contributed by atoms with E-state index in [9.17, 15) is 8.42 Å². The highest BCUT2D eigenvalue weighted by Gasteiger charge is 2.31. The van der Waals surface area contributed by atoms with Crippen molar-refractivity contribution in [3.8, 4) is 0 Å². The Bertz CT molecular complexity index is 615. The van der Waals surface area contributed by atoms with E-state index in [0.717, 1.165) is 11.1 Å². The topological polar surface area (TPSA) is 81.4 Å². The molecule has 1 aliphatic heterocycles. The first-order chi connectivity index (χ1) is 9.61. The number of hydrogen-bond donors (Lipinski definition) is 2. The Hall–Kier alpha value is -1.11. The fraction of sp³-hybridized carbons (Fsp3) is 0.600. The van der Waals surface area contributed by atoms with E-state index in [1.54, 1.807) is 6.07 Å². The zero-order valence-electron chi connectivity index (χ0n) is 13.1. The van der Waals surface area contributed by atoms with Crippen LogP contribution in [-0.4, -0.2) is 26.7 Å². The fourth-order valence-electron chi connectivity index (χ4n) is 2.63. The van der Waals surface area contributed by atoms with Gasteiger partial charge in [0.2, 0.25) is 10.0 Å². The van der Waals surface area contributed by atoms with Gasteiger partial charge in [-0.3, -0.25) is 0 Å². The number of nitrogens with two attached hydrogens (primary N) is 1. The molecular weight excluding hydrogens is 288 g/mol. The third kappa shape index (κ3) is 3.75. The van der Waals surface area contributed by atoms with Crippen LogP contribution in [0.25, 0.3) is 0 Å². The number of sulfonamides is 1. The number of rotatable bonds is 3. The molecule has 2 rings (SSSR count). The monoisotopic (exact) mass is 312 g/mol. The van der Waals surface area contributed by atoms with Crippen molar-refractivity contribution in [1.82, 2.24) is 4.72 Å². The molecular formula is C15H24N2O3S. The molecule has 21 heavy (non-hydrogen) atoms. The minimum absolute atomic E-state index is 0.110. The largest absolute Gasteiger partial charge is 0.398 e. The molecule has 0 saturated carbocycles. The van der Waals surface area contributed by atoms with Crippen LogP contribution in [-0.2, 0) is 14.8 Å². The van der Waals surface area contributed by atoms with Crippen molar-refractivity contribution in [2.75, 3.05) is 12.3 Å². The lowest BCUT2D eigenvalue weighted by Gasteiger charge is -2.35. The number of ether oxygens (including phenoxy) is 1. The highest BCUT2D eigenvalue weighted by atomic mass is 32.2. The van der Waals surface area contributed by atoms with Gasteiger partial charge in [-0.15, -0.1) is 0 Å². The summed E-state index contributed by atoms with van der Waals surface area (Å²) in [6, 6.07) is 3.08. The lowest BCUT2D eigenvalue weighted by Crippen LogP contribution is -2.45. The van der Waals surface area contributed by atoms with Gasteiger partial charge in [0, 0.05) is 18.3 Å². The van der Waals surface area contributed by atoms with Crippen LogP contribution in [0.5, 0.6) is 0 Å². The molecule has 0 bridgehead atoms. The number of nitrogens with one attached hydrogen (secondary N) is 1. The van der Waals surface area contributed by atoms with Crippen LogP contribution in [0.2, 0.25) is 0 Å². The zero-order chi connectivity index (χ0) is 15.8. The normalized spacial score (nSPS) is 22.2. The van der Waals surface area contributed by atoms with Crippen molar-refractivity contribution in [3.63, 3.8) is 0 Å². The summed E-state index contributed by atoms with van der Waals surface area (Å²) < 4.78 is 33.4. The molecule has 1 unspecified atom stereocenters. The van der Waals surface area contributed by atoms with Crippen molar-refractivity contribution < 1.29 is 13.2 Å². The predicted molar refractivity (Wildman–Crippen MR) is 83.7 cm³/mol. The van der Waals surface area contributed by atoms with Crippen molar-refractivity contribution >= 4 is 15.7 Å². The van der Waals surface area contributed by atoms with Gasteiger partial charge in [0.05, 0.1) is 10.5 Å². The quantitative estimate of drug-likeness (QED) is 0.838. The van der Waals surface area contributed by atoms with Gasteiger partial charge in [-0.25, -0.2) is 13.1 Å². The molecule has 1 aromatic rings. The third-order valence-corrected chi connectivity index (χ3v) is 5.51. The maximum Gasteiger partial charge on any atom is 0.240 e. The molecule has 1 aromatic carbocycles. The molecule has 1 saturated heterocycles. The standard InChI is InChI=1S/C15H24N2O3S/c1-10-7-13(8-14(16)11(10)2)21(18,19)17-12-5-6-20-15(3,4)9-12/h7-8,12,17H,5-6,9,16H2,1-4H3. The summed E-state index contributed by atoms with van der Waals surface area (Å²) >= 11 is 0. The molecule has 1 heterocycles. The van der Waals surface area contributed by atoms with Gasteiger partial charge in [0.25, 0.3) is 0 Å². The molecule has 0 spiro atoms. The summed E-state index contributed by atoms with van der Waals surface area (Å²) in [4.78, 5) is 0.229. The van der Waals surface area contributed by atoms with E-state index in [1.165, 1.54) is 6.07 Å². The minimum Gasteiger partial charge on any atom is -0.398 e. The maximum atomic E-state index is 12.5. The third-order valence-electron chi connectivity index (χ3n) is 4.01. The molecule has 0 aliphatic carbocycles. The first-order valence-electron chi connectivity index (χ1n) is 7.14. The number of anilines is 1. The summed E-state index contributed by atoms with van der Waals surface area (Å²) in [6.07, 6.45) is 1.34. The van der Waals surface area contributed by atoms with Crippen LogP contribution >= 0.6 is 0 Å². The van der Waals surface area contributed by atoms with Gasteiger partial charge in [0.1, 0.15) is 0 Å². The van der Waals surface area contributed by atoms with E-state index < -0.39 is 10.0 Å². The van der Waals surface area contributed by atoms with Crippen molar-refractivity contribution in [2.45, 2.75) is 57.1 Å². The van der Waals surface area contributed by atoms with Crippen LogP contribution in [0.1, 0.15) is 37.8 Å². The molecule has 1 aliphatic rings. The Labute approximate surface area is 126 Å². The van der Waals surface area contributed by atoms with Crippen LogP contribution < -0.4 is 10.5 Å². The average molecular weight is 312 g/mol. The first kappa shape index (κ1) is 16.3. The van der Waals surface area contributed by atoms with Gasteiger partial charge in [-0.1, -0.05) is 0 Å². The lowest BCUT2D eigenvalue weighted by atomic mass is 9.95. The van der Waals surface area contributed by atoms with Gasteiger partial charge in [-0.05, 0) is 63.8 Å². The number of benzene rings is 1. The minimum atomic E-state index is -3.56. The maximum absolute atomic E-state index is 12.5. The molecule has 1 atom stereocenters. The van der Waals surface area contributed by atoms with Gasteiger partial charge in [0.15, 0.2) is 0 Å². The highest BCUT2D eigenvalue weighted by Crippen LogP contribution is 2.26. The summed E-state index contributed by atoms with van der Waals surface area (Å²) in [7, 11) is -3.56. The van der Waals surface area contributed by atoms with Crippen molar-refractivity contribution in [2.24, 2.45) is 0 Å². The summed E-state index contributed by atoms with van der Waals surface area (Å²) in [5.74, 6) is 0. The molecule has 0 amide bonds. The molecule has 6 heteroatoms. The van der Waals surface area contributed by atoms with E-state index in [-0.39, 0.29) is 16.5 Å². The van der Waals surface area contributed by atoms with Crippen molar-refractivity contribution in [3.05, 3.63) is 23.3 Å². The summed E-state index contributed by atoms with van der Waals surface area (Å²) in [6.45, 7) is 8.26. The highest BCUT2D eigenvalue weighted by molar-refractivity contribution is 7.89. The van der Waals surface area contributed by atoms with Crippen LogP contribution in [0.15, 0.2) is 17.0 Å². The second-order valence-corrected chi connectivity index (χ2v) is 8.09. The smallest absolute Gasteiger partial charge is 0.240 e. The molecule has 1 fully saturated rings. The van der Waals surface area contributed by atoms with Gasteiger partial charge < -0.3 is 10.5 Å². The van der Waals surface area contributed by atoms with Crippen molar-refractivity contribution in [1.29, 1.82) is 0 Å². The Morgan fingerprint density at radius 1 is 1.33 bits per heavy atom. The second-order valence-electron chi connectivity index (χ2n) is 6.37. The SMILES string of the molecule is Cc1cc(S(=O)(=O)NC2CCOC(C)(C)C2)cc(N)c1C. The molecule has 5 nitrogen and oxygen atoms in total. The zero-order valence-corrected chi connectivity index (χ0v) is 13.9. The Morgan fingerprint density at radius 3 is 2.57 bits per heavy atom.